The van der Waals surface area contributed by atoms with Crippen molar-refractivity contribution >= 4 is 23.4 Å². The lowest BCUT2D eigenvalue weighted by Crippen LogP contribution is -2.06. The average Bonchev–Trinajstić information content (AvgIpc) is 2.81. The second kappa shape index (κ2) is 10.3. The minimum Gasteiger partial charge on any atom is -0.490 e. The maximum absolute atomic E-state index is 13.1. The first-order chi connectivity index (χ1) is 15.5. The Morgan fingerprint density at radius 2 is 1.78 bits per heavy atom. The number of nitriles is 2. The number of benzene rings is 2. The number of aromatic nitrogens is 1. The molecule has 2 aromatic carbocycles. The molecular formula is C24H17FN4O2S. The molecule has 0 saturated carbocycles. The number of carbonyl (C=O) groups excluding carboxylic acids is 1. The standard InChI is InChI=1S/C24H17FN4O2S/c1-2-11-31-18-9-5-16(6-10-18)22-19(12-26)23(28)29-24(20(22)13-27)32-14-21(30)15-3-7-17(25)8-4-15/h2-10H,1,11,14H2,(H2,28,29). The Bertz CT molecular complexity index is 1240. The number of rotatable bonds is 8. The molecule has 0 aliphatic carbocycles. The van der Waals surface area contributed by atoms with Crippen molar-refractivity contribution in [3.8, 4) is 29.0 Å². The Morgan fingerprint density at radius 1 is 1.12 bits per heavy atom. The summed E-state index contributed by atoms with van der Waals surface area (Å²) < 4.78 is 18.6. The fourth-order valence-corrected chi connectivity index (χ4v) is 3.81. The fourth-order valence-electron chi connectivity index (χ4n) is 2.92. The van der Waals surface area contributed by atoms with Gasteiger partial charge in [0.1, 0.15) is 46.7 Å². The molecule has 0 unspecified atom stereocenters. The van der Waals surface area contributed by atoms with Crippen molar-refractivity contribution in [2.24, 2.45) is 0 Å². The van der Waals surface area contributed by atoms with E-state index in [9.17, 15) is 19.7 Å². The van der Waals surface area contributed by atoms with Crippen LogP contribution in [0.15, 0.2) is 66.2 Å². The van der Waals surface area contributed by atoms with Gasteiger partial charge in [-0.05, 0) is 42.0 Å². The van der Waals surface area contributed by atoms with E-state index >= 15 is 0 Å². The van der Waals surface area contributed by atoms with Crippen LogP contribution in [0, 0.1) is 28.5 Å². The van der Waals surface area contributed by atoms with Crippen LogP contribution in [0.4, 0.5) is 10.2 Å². The number of hydrogen-bond donors (Lipinski definition) is 1. The number of nitrogens with zero attached hydrogens (tertiary/aromatic N) is 3. The van der Waals surface area contributed by atoms with Gasteiger partial charge in [0.15, 0.2) is 5.78 Å². The SMILES string of the molecule is C=CCOc1ccc(-c2c(C#N)c(N)nc(SCC(=O)c3ccc(F)cc3)c2C#N)cc1. The number of nitrogens with two attached hydrogens (primary N) is 1. The molecule has 1 heterocycles. The lowest BCUT2D eigenvalue weighted by molar-refractivity contribution is 0.102. The quantitative estimate of drug-likeness (QED) is 0.303. The monoisotopic (exact) mass is 444 g/mol. The van der Waals surface area contributed by atoms with E-state index in [0.29, 0.717) is 29.0 Å². The number of thioether (sulfide) groups is 1. The summed E-state index contributed by atoms with van der Waals surface area (Å²) in [6.07, 6.45) is 1.62. The van der Waals surface area contributed by atoms with Gasteiger partial charge in [-0.2, -0.15) is 10.5 Å². The molecule has 6 nitrogen and oxygen atoms in total. The Kier molecular flexibility index (Phi) is 7.22. The van der Waals surface area contributed by atoms with Crippen molar-refractivity contribution in [1.82, 2.24) is 4.98 Å². The zero-order chi connectivity index (χ0) is 23.1. The van der Waals surface area contributed by atoms with E-state index in [1.54, 1.807) is 30.3 Å². The van der Waals surface area contributed by atoms with E-state index in [2.05, 4.69) is 17.6 Å². The first-order valence-electron chi connectivity index (χ1n) is 9.37. The van der Waals surface area contributed by atoms with Crippen molar-refractivity contribution in [1.29, 1.82) is 10.5 Å². The van der Waals surface area contributed by atoms with Crippen molar-refractivity contribution in [2.45, 2.75) is 5.03 Å². The molecular weight excluding hydrogens is 427 g/mol. The molecule has 158 valence electrons. The van der Waals surface area contributed by atoms with Crippen LogP contribution in [0.25, 0.3) is 11.1 Å². The molecule has 0 atom stereocenters. The highest BCUT2D eigenvalue weighted by atomic mass is 32.2. The minimum atomic E-state index is -0.437. The molecule has 3 rings (SSSR count). The molecule has 1 aromatic heterocycles. The van der Waals surface area contributed by atoms with E-state index in [4.69, 9.17) is 10.5 Å². The Hall–Kier alpha value is -4.14. The number of ether oxygens (including phenoxy) is 1. The highest BCUT2D eigenvalue weighted by Crippen LogP contribution is 2.36. The molecule has 0 fully saturated rings. The van der Waals surface area contributed by atoms with Gasteiger partial charge in [0, 0.05) is 11.1 Å². The normalized spacial score (nSPS) is 10.1. The predicted molar refractivity (Wildman–Crippen MR) is 121 cm³/mol. The van der Waals surface area contributed by atoms with E-state index in [0.717, 1.165) is 11.8 Å². The zero-order valence-corrected chi connectivity index (χ0v) is 17.7. The lowest BCUT2D eigenvalue weighted by atomic mass is 9.97. The maximum Gasteiger partial charge on any atom is 0.173 e. The van der Waals surface area contributed by atoms with Gasteiger partial charge in [-0.1, -0.05) is 36.5 Å². The predicted octanol–water partition coefficient (Wildman–Crippen LogP) is 4.75. The van der Waals surface area contributed by atoms with Gasteiger partial charge in [-0.3, -0.25) is 4.79 Å². The number of nitrogen functional groups attached to an aromatic ring is 1. The highest BCUT2D eigenvalue weighted by molar-refractivity contribution is 8.00. The van der Waals surface area contributed by atoms with Gasteiger partial charge in [-0.25, -0.2) is 9.37 Å². The zero-order valence-electron chi connectivity index (χ0n) is 16.8. The van der Waals surface area contributed by atoms with E-state index < -0.39 is 5.82 Å². The molecule has 0 amide bonds. The topological polar surface area (TPSA) is 113 Å². The third-order valence-corrected chi connectivity index (χ3v) is 5.41. The van der Waals surface area contributed by atoms with E-state index in [-0.39, 0.29) is 33.5 Å². The summed E-state index contributed by atoms with van der Waals surface area (Å²) in [4.78, 5) is 16.6. The van der Waals surface area contributed by atoms with E-state index in [1.807, 2.05) is 6.07 Å². The van der Waals surface area contributed by atoms with Crippen molar-refractivity contribution in [2.75, 3.05) is 18.1 Å². The largest absolute Gasteiger partial charge is 0.490 e. The van der Waals surface area contributed by atoms with Crippen LogP contribution < -0.4 is 10.5 Å². The number of Topliss-reactive ketones (excluding diaryl/α,β-unsaturated/α-hetero) is 1. The average molecular weight is 444 g/mol. The van der Waals surface area contributed by atoms with Crippen LogP contribution in [-0.2, 0) is 0 Å². The van der Waals surface area contributed by atoms with Crippen LogP contribution in [0.3, 0.4) is 0 Å². The Labute approximate surface area is 188 Å². The summed E-state index contributed by atoms with van der Waals surface area (Å²) >= 11 is 1.03. The van der Waals surface area contributed by atoms with E-state index in [1.165, 1.54) is 24.3 Å². The van der Waals surface area contributed by atoms with Gasteiger partial charge < -0.3 is 10.5 Å². The van der Waals surface area contributed by atoms with Crippen LogP contribution in [0.1, 0.15) is 21.5 Å². The van der Waals surface area contributed by atoms with Crippen LogP contribution >= 0.6 is 11.8 Å². The van der Waals surface area contributed by atoms with Crippen molar-refractivity contribution in [3.05, 3.63) is 83.7 Å². The van der Waals surface area contributed by atoms with Gasteiger partial charge >= 0.3 is 0 Å². The number of anilines is 1. The van der Waals surface area contributed by atoms with Gasteiger partial charge in [0.05, 0.1) is 11.3 Å². The summed E-state index contributed by atoms with van der Waals surface area (Å²) in [5, 5.41) is 19.7. The number of halogens is 1. The van der Waals surface area contributed by atoms with Crippen LogP contribution in [-0.4, -0.2) is 23.1 Å². The molecule has 2 N–H and O–H groups in total. The minimum absolute atomic E-state index is 0.0353. The summed E-state index contributed by atoms with van der Waals surface area (Å²) in [7, 11) is 0. The van der Waals surface area contributed by atoms with Gasteiger partial charge in [0.25, 0.3) is 0 Å². The lowest BCUT2D eigenvalue weighted by Gasteiger charge is -2.13. The second-order valence-corrected chi connectivity index (χ2v) is 7.46. The molecule has 8 heteroatoms. The summed E-state index contributed by atoms with van der Waals surface area (Å²) in [5.74, 6) is -0.161. The summed E-state index contributed by atoms with van der Waals surface area (Å²) in [6, 6.07) is 16.2. The number of hydrogen-bond acceptors (Lipinski definition) is 7. The molecule has 0 saturated heterocycles. The summed E-state index contributed by atoms with van der Waals surface area (Å²) in [6.45, 7) is 3.94. The molecule has 32 heavy (non-hydrogen) atoms. The molecule has 3 aromatic rings. The number of pyridine rings is 1. The van der Waals surface area contributed by atoms with Crippen LogP contribution in [0.5, 0.6) is 5.75 Å². The Morgan fingerprint density at radius 3 is 2.38 bits per heavy atom. The number of carbonyl (C=O) groups is 1. The first-order valence-corrected chi connectivity index (χ1v) is 10.4. The van der Waals surface area contributed by atoms with Gasteiger partial charge in [0.2, 0.25) is 0 Å². The molecule has 0 spiro atoms. The number of ketones is 1. The van der Waals surface area contributed by atoms with Crippen molar-refractivity contribution < 1.29 is 13.9 Å². The molecule has 0 bridgehead atoms. The van der Waals surface area contributed by atoms with Crippen LogP contribution in [0.2, 0.25) is 0 Å². The fraction of sp³-hybridized carbons (Fsp3) is 0.0833. The first kappa shape index (κ1) is 22.5. The second-order valence-electron chi connectivity index (χ2n) is 6.49. The smallest absolute Gasteiger partial charge is 0.173 e. The third-order valence-electron chi connectivity index (χ3n) is 4.43. The molecule has 0 aliphatic rings. The highest BCUT2D eigenvalue weighted by Gasteiger charge is 2.21. The Balaban J connectivity index is 1.96. The van der Waals surface area contributed by atoms with Gasteiger partial charge in [-0.15, -0.1) is 0 Å². The molecule has 0 aliphatic heterocycles. The van der Waals surface area contributed by atoms with Crippen molar-refractivity contribution in [3.63, 3.8) is 0 Å². The third kappa shape index (κ3) is 4.94. The molecule has 0 radical (unpaired) electrons. The maximum atomic E-state index is 13.1. The summed E-state index contributed by atoms with van der Waals surface area (Å²) in [5.41, 5.74) is 7.50.